The molecule has 4 aromatic rings. The lowest BCUT2D eigenvalue weighted by Gasteiger charge is -2.02. The Bertz CT molecular complexity index is 993. The van der Waals surface area contributed by atoms with E-state index >= 15 is 0 Å². The summed E-state index contributed by atoms with van der Waals surface area (Å²) in [6, 6.07) is 11.5. The first kappa shape index (κ1) is 14.1. The predicted octanol–water partition coefficient (Wildman–Crippen LogP) is 5.27. The van der Waals surface area contributed by atoms with Crippen LogP contribution in [-0.2, 0) is 0 Å². The molecule has 2 N–H and O–H groups in total. The highest BCUT2D eigenvalue weighted by atomic mass is 35.5. The van der Waals surface area contributed by atoms with Crippen molar-refractivity contribution in [3.05, 3.63) is 58.8 Å². The molecule has 2 aromatic carbocycles. The van der Waals surface area contributed by atoms with Gasteiger partial charge in [-0.25, -0.2) is 4.98 Å². The summed E-state index contributed by atoms with van der Waals surface area (Å²) in [5.41, 5.74) is 2.64. The summed E-state index contributed by atoms with van der Waals surface area (Å²) >= 11 is 11.9. The van der Waals surface area contributed by atoms with Crippen LogP contribution in [0.1, 0.15) is 0 Å². The molecular formula is C16H10Cl2N4O. The minimum atomic E-state index is 0.397. The highest BCUT2D eigenvalue weighted by molar-refractivity contribution is 6.42. The van der Waals surface area contributed by atoms with Gasteiger partial charge in [-0.1, -0.05) is 23.2 Å². The molecule has 0 amide bonds. The largest absolute Gasteiger partial charge is 0.423 e. The fourth-order valence-electron chi connectivity index (χ4n) is 2.26. The van der Waals surface area contributed by atoms with E-state index in [0.717, 1.165) is 22.2 Å². The van der Waals surface area contributed by atoms with Gasteiger partial charge in [0.05, 0.1) is 28.0 Å². The van der Waals surface area contributed by atoms with E-state index in [9.17, 15) is 0 Å². The number of H-pyrrole nitrogens is 1. The number of benzene rings is 2. The molecule has 23 heavy (non-hydrogen) atoms. The summed E-state index contributed by atoms with van der Waals surface area (Å²) in [6.07, 6.45) is 3.40. The van der Waals surface area contributed by atoms with Crippen molar-refractivity contribution in [2.75, 3.05) is 5.32 Å². The number of hydrogen-bond donors (Lipinski definition) is 2. The first-order chi connectivity index (χ1) is 11.2. The fraction of sp³-hybridized carbons (Fsp3) is 0. The van der Waals surface area contributed by atoms with Crippen LogP contribution in [0.15, 0.2) is 53.2 Å². The lowest BCUT2D eigenvalue weighted by molar-refractivity contribution is 0.592. The van der Waals surface area contributed by atoms with Crippen molar-refractivity contribution in [2.45, 2.75) is 0 Å². The predicted molar refractivity (Wildman–Crippen MR) is 91.3 cm³/mol. The first-order valence-electron chi connectivity index (χ1n) is 6.80. The van der Waals surface area contributed by atoms with Crippen LogP contribution in [0.2, 0.25) is 10.0 Å². The molecule has 0 atom stereocenters. The number of rotatable bonds is 3. The van der Waals surface area contributed by atoms with Gasteiger partial charge in [-0.2, -0.15) is 5.10 Å². The quantitative estimate of drug-likeness (QED) is 0.531. The molecule has 0 radical (unpaired) electrons. The van der Waals surface area contributed by atoms with Crippen molar-refractivity contribution in [3.63, 3.8) is 0 Å². The average molecular weight is 345 g/mol. The van der Waals surface area contributed by atoms with Gasteiger partial charge in [0.15, 0.2) is 5.76 Å². The third-order valence-corrected chi connectivity index (χ3v) is 4.14. The molecule has 0 fully saturated rings. The number of fused-ring (bicyclic) bond motifs is 1. The van der Waals surface area contributed by atoms with E-state index in [1.54, 1.807) is 24.5 Å². The van der Waals surface area contributed by atoms with Gasteiger partial charge in [0.1, 0.15) is 0 Å². The van der Waals surface area contributed by atoms with E-state index in [1.165, 1.54) is 0 Å². The Hall–Kier alpha value is -2.50. The van der Waals surface area contributed by atoms with Gasteiger partial charge < -0.3 is 9.73 Å². The van der Waals surface area contributed by atoms with Gasteiger partial charge >= 0.3 is 0 Å². The zero-order chi connectivity index (χ0) is 15.8. The zero-order valence-electron chi connectivity index (χ0n) is 11.7. The Morgan fingerprint density at radius 3 is 2.78 bits per heavy atom. The topological polar surface area (TPSA) is 66.7 Å². The van der Waals surface area contributed by atoms with Crippen LogP contribution in [0.4, 0.5) is 11.7 Å². The summed E-state index contributed by atoms with van der Waals surface area (Å²) in [7, 11) is 0. The van der Waals surface area contributed by atoms with E-state index < -0.39 is 0 Å². The van der Waals surface area contributed by atoms with E-state index in [4.69, 9.17) is 27.6 Å². The molecule has 0 unspecified atom stereocenters. The van der Waals surface area contributed by atoms with Crippen molar-refractivity contribution >= 4 is 45.8 Å². The molecule has 7 heteroatoms. The van der Waals surface area contributed by atoms with Crippen LogP contribution >= 0.6 is 23.2 Å². The van der Waals surface area contributed by atoms with Gasteiger partial charge in [-0.15, -0.1) is 0 Å². The van der Waals surface area contributed by atoms with Gasteiger partial charge in [0.2, 0.25) is 0 Å². The van der Waals surface area contributed by atoms with Gasteiger partial charge in [-0.05, 0) is 36.4 Å². The van der Waals surface area contributed by atoms with Crippen LogP contribution < -0.4 is 5.32 Å². The monoisotopic (exact) mass is 344 g/mol. The van der Waals surface area contributed by atoms with E-state index in [1.807, 2.05) is 24.3 Å². The van der Waals surface area contributed by atoms with Crippen LogP contribution in [0, 0.1) is 0 Å². The number of aromatic amines is 1. The van der Waals surface area contributed by atoms with Crippen molar-refractivity contribution in [3.8, 4) is 11.3 Å². The second-order valence-corrected chi connectivity index (χ2v) is 5.77. The molecule has 2 aromatic heterocycles. The molecule has 0 saturated heterocycles. The van der Waals surface area contributed by atoms with Gasteiger partial charge in [0, 0.05) is 16.6 Å². The fourth-order valence-corrected chi connectivity index (χ4v) is 2.56. The number of nitrogens with zero attached hydrogens (tertiary/aromatic N) is 2. The zero-order valence-corrected chi connectivity index (χ0v) is 13.2. The molecule has 2 heterocycles. The second-order valence-electron chi connectivity index (χ2n) is 4.96. The maximum atomic E-state index is 6.03. The molecule has 0 aliphatic carbocycles. The molecular weight excluding hydrogens is 335 g/mol. The Morgan fingerprint density at radius 2 is 1.91 bits per heavy atom. The maximum absolute atomic E-state index is 6.03. The molecule has 0 bridgehead atoms. The number of halogens is 2. The Kier molecular flexibility index (Phi) is 3.44. The molecule has 4 rings (SSSR count). The van der Waals surface area contributed by atoms with Crippen molar-refractivity contribution in [1.29, 1.82) is 0 Å². The normalized spacial score (nSPS) is 11.0. The van der Waals surface area contributed by atoms with E-state index in [-0.39, 0.29) is 0 Å². The Balaban J connectivity index is 1.60. The maximum Gasteiger partial charge on any atom is 0.299 e. The van der Waals surface area contributed by atoms with Gasteiger partial charge in [0.25, 0.3) is 6.01 Å². The second kappa shape index (κ2) is 5.61. The smallest absolute Gasteiger partial charge is 0.299 e. The number of nitrogens with one attached hydrogen (secondary N) is 2. The number of oxazole rings is 1. The van der Waals surface area contributed by atoms with Crippen molar-refractivity contribution in [2.24, 2.45) is 0 Å². The molecule has 0 spiro atoms. The SMILES string of the molecule is Clc1ccc(-c2cnc(Nc3ccc4[nH]ncc4c3)o2)cc1Cl. The summed E-state index contributed by atoms with van der Waals surface area (Å²) < 4.78 is 5.71. The molecule has 5 nitrogen and oxygen atoms in total. The standard InChI is InChI=1S/C16H10Cl2N4O/c17-12-3-1-9(6-13(12)18)15-8-19-16(23-15)21-11-2-4-14-10(5-11)7-20-22-14/h1-8H,(H,19,21)(H,20,22). The van der Waals surface area contributed by atoms with Crippen LogP contribution in [0.5, 0.6) is 0 Å². The average Bonchev–Trinajstić information content (AvgIpc) is 3.19. The van der Waals surface area contributed by atoms with Crippen LogP contribution in [-0.4, -0.2) is 15.2 Å². The third kappa shape index (κ3) is 2.76. The lowest BCUT2D eigenvalue weighted by atomic mass is 10.2. The van der Waals surface area contributed by atoms with E-state index in [2.05, 4.69) is 20.5 Å². The van der Waals surface area contributed by atoms with E-state index in [0.29, 0.717) is 21.8 Å². The third-order valence-electron chi connectivity index (χ3n) is 3.40. The number of hydrogen-bond acceptors (Lipinski definition) is 4. The summed E-state index contributed by atoms with van der Waals surface area (Å²) in [6.45, 7) is 0. The summed E-state index contributed by atoms with van der Waals surface area (Å²) in [5.74, 6) is 0.607. The highest BCUT2D eigenvalue weighted by Gasteiger charge is 2.09. The van der Waals surface area contributed by atoms with Crippen molar-refractivity contribution in [1.82, 2.24) is 15.2 Å². The molecule has 0 saturated carbocycles. The number of anilines is 2. The highest BCUT2D eigenvalue weighted by Crippen LogP contribution is 2.30. The summed E-state index contributed by atoms with van der Waals surface area (Å²) in [5, 5.41) is 12.0. The molecule has 0 aliphatic rings. The molecule has 114 valence electrons. The first-order valence-corrected chi connectivity index (χ1v) is 7.56. The van der Waals surface area contributed by atoms with Crippen LogP contribution in [0.25, 0.3) is 22.2 Å². The minimum Gasteiger partial charge on any atom is -0.423 e. The van der Waals surface area contributed by atoms with Crippen molar-refractivity contribution < 1.29 is 4.42 Å². The van der Waals surface area contributed by atoms with Gasteiger partial charge in [-0.3, -0.25) is 5.10 Å². The van der Waals surface area contributed by atoms with Crippen LogP contribution in [0.3, 0.4) is 0 Å². The minimum absolute atomic E-state index is 0.397. The molecule has 0 aliphatic heterocycles. The summed E-state index contributed by atoms with van der Waals surface area (Å²) in [4.78, 5) is 4.23. The Labute approximate surface area is 141 Å². The Morgan fingerprint density at radius 1 is 1.00 bits per heavy atom. The number of aromatic nitrogens is 3. The lowest BCUT2D eigenvalue weighted by Crippen LogP contribution is -1.89.